The average Bonchev–Trinajstić information content (AvgIpc) is 2.41. The van der Waals surface area contributed by atoms with Gasteiger partial charge in [-0.25, -0.2) is 4.39 Å². The summed E-state index contributed by atoms with van der Waals surface area (Å²) in [6.07, 6.45) is 2.79. The maximum Gasteiger partial charge on any atom is 0.271 e. The Balaban J connectivity index is 2.27. The van der Waals surface area contributed by atoms with Crippen molar-refractivity contribution in [1.82, 2.24) is 4.98 Å². The molecule has 1 heterocycles. The van der Waals surface area contributed by atoms with Gasteiger partial charge >= 0.3 is 0 Å². The van der Waals surface area contributed by atoms with E-state index >= 15 is 0 Å². The summed E-state index contributed by atoms with van der Waals surface area (Å²) in [6.45, 7) is 0. The summed E-state index contributed by atoms with van der Waals surface area (Å²) in [4.78, 5) is 25.6. The number of amides is 1. The molecule has 1 aromatic carbocycles. The molecule has 1 N–H and O–H groups in total. The van der Waals surface area contributed by atoms with Crippen molar-refractivity contribution in [3.63, 3.8) is 0 Å². The molecular weight excluding hydrogens is 333 g/mol. The summed E-state index contributed by atoms with van der Waals surface area (Å²) in [6, 6.07) is 4.40. The fraction of sp³-hybridized carbons (Fsp3) is 0. The van der Waals surface area contributed by atoms with Gasteiger partial charge in [0.2, 0.25) is 0 Å². The monoisotopic (exact) mass is 339 g/mol. The number of non-ortho nitro benzene ring substituents is 1. The molecule has 8 heteroatoms. The molecule has 0 aliphatic heterocycles. The van der Waals surface area contributed by atoms with Crippen LogP contribution in [0.3, 0.4) is 0 Å². The Hall–Kier alpha value is -2.35. The van der Waals surface area contributed by atoms with Gasteiger partial charge in [-0.05, 0) is 28.1 Å². The molecule has 0 aliphatic rings. The van der Waals surface area contributed by atoms with E-state index < -0.39 is 16.6 Å². The van der Waals surface area contributed by atoms with Crippen LogP contribution in [0.15, 0.2) is 41.1 Å². The molecule has 0 unspecified atom stereocenters. The van der Waals surface area contributed by atoms with Crippen LogP contribution in [-0.2, 0) is 0 Å². The lowest BCUT2D eigenvalue weighted by molar-refractivity contribution is -0.384. The highest BCUT2D eigenvalue weighted by Gasteiger charge is 2.14. The molecule has 0 aliphatic carbocycles. The molecule has 0 atom stereocenters. The van der Waals surface area contributed by atoms with E-state index in [0.717, 1.165) is 18.2 Å². The number of nitro groups is 1. The van der Waals surface area contributed by atoms with Crippen LogP contribution in [0.1, 0.15) is 10.4 Å². The number of nitrogens with one attached hydrogen (secondary N) is 1. The van der Waals surface area contributed by atoms with Crippen molar-refractivity contribution in [3.8, 4) is 0 Å². The number of carbonyl (C=O) groups excluding carboxylic acids is 1. The number of benzene rings is 1. The average molecular weight is 340 g/mol. The number of rotatable bonds is 3. The van der Waals surface area contributed by atoms with Gasteiger partial charge in [0.15, 0.2) is 0 Å². The number of aromatic nitrogens is 1. The van der Waals surface area contributed by atoms with E-state index in [1.54, 1.807) is 0 Å². The van der Waals surface area contributed by atoms with Crippen molar-refractivity contribution in [2.75, 3.05) is 5.32 Å². The molecule has 0 spiro atoms. The van der Waals surface area contributed by atoms with E-state index in [4.69, 9.17) is 0 Å². The van der Waals surface area contributed by atoms with Gasteiger partial charge < -0.3 is 5.32 Å². The largest absolute Gasteiger partial charge is 0.319 e. The third-order valence-corrected chi connectivity index (χ3v) is 2.81. The summed E-state index contributed by atoms with van der Waals surface area (Å²) in [7, 11) is 0. The van der Waals surface area contributed by atoms with Gasteiger partial charge in [0.1, 0.15) is 5.82 Å². The number of anilines is 1. The summed E-state index contributed by atoms with van der Waals surface area (Å²) < 4.78 is 14.1. The Morgan fingerprint density at radius 1 is 1.35 bits per heavy atom. The van der Waals surface area contributed by atoms with Gasteiger partial charge in [-0.3, -0.25) is 19.9 Å². The minimum Gasteiger partial charge on any atom is -0.319 e. The molecule has 6 nitrogen and oxygen atoms in total. The van der Waals surface area contributed by atoms with Gasteiger partial charge in [-0.1, -0.05) is 0 Å². The maximum atomic E-state index is 13.5. The molecule has 1 aromatic heterocycles. The number of halogens is 2. The molecule has 0 bridgehead atoms. The number of hydrogen-bond acceptors (Lipinski definition) is 4. The number of carbonyl (C=O) groups is 1. The lowest BCUT2D eigenvalue weighted by atomic mass is 10.2. The maximum absolute atomic E-state index is 13.5. The Morgan fingerprint density at radius 2 is 2.10 bits per heavy atom. The van der Waals surface area contributed by atoms with Crippen LogP contribution in [0.2, 0.25) is 0 Å². The summed E-state index contributed by atoms with van der Waals surface area (Å²) in [5, 5.41) is 12.9. The Kier molecular flexibility index (Phi) is 4.04. The smallest absolute Gasteiger partial charge is 0.271 e. The highest BCUT2D eigenvalue weighted by atomic mass is 79.9. The molecule has 0 fully saturated rings. The zero-order valence-corrected chi connectivity index (χ0v) is 11.4. The molecule has 2 rings (SSSR count). The topological polar surface area (TPSA) is 85.1 Å². The van der Waals surface area contributed by atoms with E-state index in [2.05, 4.69) is 26.2 Å². The van der Waals surface area contributed by atoms with Crippen molar-refractivity contribution in [2.45, 2.75) is 0 Å². The third kappa shape index (κ3) is 3.15. The Bertz CT molecular complexity index is 693. The van der Waals surface area contributed by atoms with Crippen molar-refractivity contribution in [2.24, 2.45) is 0 Å². The van der Waals surface area contributed by atoms with Gasteiger partial charge in [-0.2, -0.15) is 0 Å². The zero-order valence-electron chi connectivity index (χ0n) is 9.84. The van der Waals surface area contributed by atoms with Crippen molar-refractivity contribution >= 4 is 33.2 Å². The molecule has 102 valence electrons. The van der Waals surface area contributed by atoms with E-state index in [9.17, 15) is 19.3 Å². The van der Waals surface area contributed by atoms with Crippen LogP contribution >= 0.6 is 15.9 Å². The summed E-state index contributed by atoms with van der Waals surface area (Å²) in [5.74, 6) is -1.37. The number of nitrogens with zero attached hydrogens (tertiary/aromatic N) is 2. The summed E-state index contributed by atoms with van der Waals surface area (Å²) in [5.41, 5.74) is -0.372. The van der Waals surface area contributed by atoms with E-state index in [0.29, 0.717) is 4.47 Å². The minimum atomic E-state index is -0.757. The highest BCUT2D eigenvalue weighted by molar-refractivity contribution is 9.10. The highest BCUT2D eigenvalue weighted by Crippen LogP contribution is 2.22. The van der Waals surface area contributed by atoms with Crippen LogP contribution in [0.4, 0.5) is 15.8 Å². The molecule has 2 aromatic rings. The second-order valence-electron chi connectivity index (χ2n) is 3.77. The fourth-order valence-electron chi connectivity index (χ4n) is 1.45. The number of hydrogen-bond donors (Lipinski definition) is 1. The van der Waals surface area contributed by atoms with Crippen LogP contribution in [0.25, 0.3) is 0 Å². The van der Waals surface area contributed by atoms with Crippen LogP contribution < -0.4 is 5.32 Å². The van der Waals surface area contributed by atoms with Gasteiger partial charge in [0.25, 0.3) is 11.6 Å². The first-order valence-corrected chi connectivity index (χ1v) is 6.12. The normalized spacial score (nSPS) is 10.1. The van der Waals surface area contributed by atoms with Crippen LogP contribution in [0, 0.1) is 15.9 Å². The second-order valence-corrected chi connectivity index (χ2v) is 4.68. The third-order valence-electron chi connectivity index (χ3n) is 2.38. The second kappa shape index (κ2) is 5.74. The van der Waals surface area contributed by atoms with Gasteiger partial charge in [0.05, 0.1) is 16.2 Å². The lowest BCUT2D eigenvalue weighted by Gasteiger charge is -2.06. The first-order chi connectivity index (χ1) is 9.47. The Labute approximate surface area is 120 Å². The number of nitro benzene ring substituents is 1. The Morgan fingerprint density at radius 3 is 2.75 bits per heavy atom. The number of pyridine rings is 1. The van der Waals surface area contributed by atoms with Gasteiger partial charge in [-0.15, -0.1) is 0 Å². The lowest BCUT2D eigenvalue weighted by Crippen LogP contribution is -2.13. The zero-order chi connectivity index (χ0) is 14.7. The molecule has 0 radical (unpaired) electrons. The molecular formula is C12H7BrFN3O3. The predicted octanol–water partition coefficient (Wildman–Crippen LogP) is 3.14. The van der Waals surface area contributed by atoms with Crippen LogP contribution in [0.5, 0.6) is 0 Å². The van der Waals surface area contributed by atoms with Crippen molar-refractivity contribution < 1.29 is 14.1 Å². The standard InChI is InChI=1S/C12H7BrFN3O3/c13-8-3-7(5-15-6-8)12(18)16-11-4-9(17(19)20)1-2-10(11)14/h1-6H,(H,16,18). The molecule has 0 saturated heterocycles. The minimum absolute atomic E-state index is 0.199. The van der Waals surface area contributed by atoms with Gasteiger partial charge in [0, 0.05) is 29.0 Å². The first-order valence-electron chi connectivity index (χ1n) is 5.33. The fourth-order valence-corrected chi connectivity index (χ4v) is 1.82. The molecule has 20 heavy (non-hydrogen) atoms. The molecule has 0 saturated carbocycles. The quantitative estimate of drug-likeness (QED) is 0.687. The first kappa shape index (κ1) is 14.1. The van der Waals surface area contributed by atoms with E-state index in [1.165, 1.54) is 18.5 Å². The predicted molar refractivity (Wildman–Crippen MR) is 72.9 cm³/mol. The van der Waals surface area contributed by atoms with Crippen LogP contribution in [-0.4, -0.2) is 15.8 Å². The SMILES string of the molecule is O=C(Nc1cc([N+](=O)[O-])ccc1F)c1cncc(Br)c1. The van der Waals surface area contributed by atoms with E-state index in [-0.39, 0.29) is 16.9 Å². The van der Waals surface area contributed by atoms with E-state index in [1.807, 2.05) is 0 Å². The summed E-state index contributed by atoms with van der Waals surface area (Å²) >= 11 is 3.16. The molecule has 1 amide bonds. The van der Waals surface area contributed by atoms with Crippen molar-refractivity contribution in [3.05, 3.63) is 62.6 Å². The van der Waals surface area contributed by atoms with Crippen molar-refractivity contribution in [1.29, 1.82) is 0 Å².